The van der Waals surface area contributed by atoms with Gasteiger partial charge < -0.3 is 0 Å². The summed E-state index contributed by atoms with van der Waals surface area (Å²) in [4.78, 5) is 38.3. The number of amides is 3. The van der Waals surface area contributed by atoms with Crippen LogP contribution in [0.3, 0.4) is 0 Å². The smallest absolute Gasteiger partial charge is 0.268 e. The first-order valence-electron chi connectivity index (χ1n) is 10.0. The number of imide groups is 3. The highest BCUT2D eigenvalue weighted by Crippen LogP contribution is 2.39. The number of halogens is 6. The third-order valence-corrected chi connectivity index (χ3v) is 5.90. The Kier molecular flexibility index (Phi) is 6.53. The molecule has 0 saturated carbocycles. The SMILES string of the molecule is O=C(c1ccc(/C=C/C(c2cc(Cl)c(F)c(Cl)c2)C(F)(F)F)cc1)N1C(=O)c2ccccc2C1=O. The molecule has 1 aliphatic rings. The monoisotopic (exact) mass is 521 g/mol. The van der Waals surface area contributed by atoms with Gasteiger partial charge in [-0.2, -0.15) is 13.2 Å². The summed E-state index contributed by atoms with van der Waals surface area (Å²) in [6.07, 6.45) is -2.71. The minimum atomic E-state index is -4.72. The lowest BCUT2D eigenvalue weighted by Crippen LogP contribution is -2.36. The number of hydrogen-bond acceptors (Lipinski definition) is 3. The Hall–Kier alpha value is -3.49. The summed E-state index contributed by atoms with van der Waals surface area (Å²) >= 11 is 11.3. The second-order valence-electron chi connectivity index (χ2n) is 7.60. The Morgan fingerprint density at radius 2 is 1.40 bits per heavy atom. The van der Waals surface area contributed by atoms with Crippen molar-refractivity contribution >= 4 is 47.0 Å². The van der Waals surface area contributed by atoms with E-state index < -0.39 is 45.7 Å². The van der Waals surface area contributed by atoms with Gasteiger partial charge in [-0.3, -0.25) is 14.4 Å². The first-order valence-corrected chi connectivity index (χ1v) is 10.8. The molecule has 0 aliphatic carbocycles. The molecule has 10 heteroatoms. The Balaban J connectivity index is 1.57. The molecule has 4 rings (SSSR count). The molecule has 178 valence electrons. The molecule has 3 aromatic rings. The van der Waals surface area contributed by atoms with Gasteiger partial charge in [-0.05, 0) is 47.5 Å². The third kappa shape index (κ3) is 4.72. The number of rotatable bonds is 4. The Morgan fingerprint density at radius 1 is 0.886 bits per heavy atom. The van der Waals surface area contributed by atoms with E-state index in [1.807, 2.05) is 0 Å². The predicted molar refractivity (Wildman–Crippen MR) is 122 cm³/mol. The summed E-state index contributed by atoms with van der Waals surface area (Å²) in [6, 6.07) is 13.0. The maximum atomic E-state index is 13.7. The number of fused-ring (bicyclic) bond motifs is 1. The number of carbonyl (C=O) groups is 3. The fourth-order valence-corrected chi connectivity index (χ4v) is 4.11. The molecule has 4 nitrogen and oxygen atoms in total. The van der Waals surface area contributed by atoms with Gasteiger partial charge in [-0.1, -0.05) is 59.6 Å². The van der Waals surface area contributed by atoms with E-state index in [1.165, 1.54) is 42.5 Å². The third-order valence-electron chi connectivity index (χ3n) is 5.35. The molecule has 3 aromatic carbocycles. The number of alkyl halides is 3. The van der Waals surface area contributed by atoms with Gasteiger partial charge in [-0.15, -0.1) is 0 Å². The second kappa shape index (κ2) is 9.28. The number of allylic oxidation sites excluding steroid dienone is 1. The summed E-state index contributed by atoms with van der Waals surface area (Å²) in [7, 11) is 0. The zero-order valence-corrected chi connectivity index (χ0v) is 19.0. The number of nitrogens with zero attached hydrogens (tertiary/aromatic N) is 1. The minimum Gasteiger partial charge on any atom is -0.268 e. The van der Waals surface area contributed by atoms with Crippen LogP contribution < -0.4 is 0 Å². The lowest BCUT2D eigenvalue weighted by atomic mass is 9.96. The van der Waals surface area contributed by atoms with Crippen LogP contribution in [0.15, 0.2) is 66.7 Å². The summed E-state index contributed by atoms with van der Waals surface area (Å²) in [6.45, 7) is 0. The van der Waals surface area contributed by atoms with E-state index in [4.69, 9.17) is 23.2 Å². The van der Waals surface area contributed by atoms with Crippen LogP contribution in [0.5, 0.6) is 0 Å². The van der Waals surface area contributed by atoms with Crippen molar-refractivity contribution in [3.63, 3.8) is 0 Å². The lowest BCUT2D eigenvalue weighted by molar-refractivity contribution is -0.139. The molecule has 1 aliphatic heterocycles. The zero-order valence-electron chi connectivity index (χ0n) is 17.4. The van der Waals surface area contributed by atoms with E-state index >= 15 is 0 Å². The lowest BCUT2D eigenvalue weighted by Gasteiger charge is -2.18. The molecule has 0 saturated heterocycles. The second-order valence-corrected chi connectivity index (χ2v) is 8.41. The zero-order chi connectivity index (χ0) is 25.5. The van der Waals surface area contributed by atoms with Crippen molar-refractivity contribution in [3.05, 3.63) is 110 Å². The molecule has 0 fully saturated rings. The fourth-order valence-electron chi connectivity index (χ4n) is 3.61. The van der Waals surface area contributed by atoms with Crippen molar-refractivity contribution in [3.8, 4) is 0 Å². The highest BCUT2D eigenvalue weighted by molar-refractivity contribution is 6.35. The topological polar surface area (TPSA) is 54.5 Å². The summed E-state index contributed by atoms with van der Waals surface area (Å²) in [5, 5.41) is -1.07. The Morgan fingerprint density at radius 3 is 1.89 bits per heavy atom. The Labute approximate surface area is 206 Å². The standard InChI is InChI=1S/C25H13Cl2F4NO3/c26-19-11-15(12-20(27)21(19)28)18(25(29,30)31)10-7-13-5-8-14(9-6-13)22(33)32-23(34)16-3-1-2-4-17(16)24(32)35/h1-12,18H/b10-7+. The molecule has 0 aromatic heterocycles. The van der Waals surface area contributed by atoms with E-state index in [0.717, 1.165) is 18.2 Å². The van der Waals surface area contributed by atoms with Gasteiger partial charge in [0.1, 0.15) is 0 Å². The van der Waals surface area contributed by atoms with Crippen molar-refractivity contribution < 1.29 is 31.9 Å². The average Bonchev–Trinajstić information content (AvgIpc) is 3.07. The van der Waals surface area contributed by atoms with Crippen molar-refractivity contribution in [1.82, 2.24) is 4.90 Å². The Bertz CT molecular complexity index is 1330. The maximum absolute atomic E-state index is 13.7. The van der Waals surface area contributed by atoms with Crippen LogP contribution in [0.2, 0.25) is 10.0 Å². The normalized spacial score (nSPS) is 14.5. The summed E-state index contributed by atoms with van der Waals surface area (Å²) < 4.78 is 54.6. The molecule has 0 N–H and O–H groups in total. The molecule has 1 unspecified atom stereocenters. The van der Waals surface area contributed by atoms with E-state index in [1.54, 1.807) is 12.1 Å². The van der Waals surface area contributed by atoms with Crippen molar-refractivity contribution in [2.75, 3.05) is 0 Å². The predicted octanol–water partition coefficient (Wildman–Crippen LogP) is 6.93. The quantitative estimate of drug-likeness (QED) is 0.212. The van der Waals surface area contributed by atoms with Gasteiger partial charge in [-0.25, -0.2) is 9.29 Å². The summed E-state index contributed by atoms with van der Waals surface area (Å²) in [5.41, 5.74) is 0.190. The van der Waals surface area contributed by atoms with Gasteiger partial charge in [0.25, 0.3) is 17.7 Å². The molecular weight excluding hydrogens is 509 g/mol. The first-order chi connectivity index (χ1) is 16.5. The van der Waals surface area contributed by atoms with E-state index in [2.05, 4.69) is 0 Å². The van der Waals surface area contributed by atoms with Gasteiger partial charge in [0.05, 0.1) is 27.1 Å². The van der Waals surface area contributed by atoms with Crippen molar-refractivity contribution in [2.45, 2.75) is 12.1 Å². The number of carbonyl (C=O) groups excluding carboxylic acids is 3. The van der Waals surface area contributed by atoms with Gasteiger partial charge in [0.15, 0.2) is 5.82 Å². The van der Waals surface area contributed by atoms with Crippen LogP contribution in [-0.2, 0) is 0 Å². The van der Waals surface area contributed by atoms with Crippen molar-refractivity contribution in [2.24, 2.45) is 0 Å². The molecule has 3 amide bonds. The van der Waals surface area contributed by atoms with Crippen LogP contribution in [0.4, 0.5) is 17.6 Å². The van der Waals surface area contributed by atoms with E-state index in [-0.39, 0.29) is 22.3 Å². The highest BCUT2D eigenvalue weighted by atomic mass is 35.5. The van der Waals surface area contributed by atoms with E-state index in [0.29, 0.717) is 10.5 Å². The van der Waals surface area contributed by atoms with Crippen molar-refractivity contribution in [1.29, 1.82) is 0 Å². The average molecular weight is 522 g/mol. The maximum Gasteiger partial charge on any atom is 0.399 e. The minimum absolute atomic E-state index is 0.00104. The van der Waals surface area contributed by atoms with Crippen LogP contribution in [-0.4, -0.2) is 28.8 Å². The number of benzene rings is 3. The molecule has 1 atom stereocenters. The van der Waals surface area contributed by atoms with Crippen LogP contribution in [0, 0.1) is 5.82 Å². The first kappa shape index (κ1) is 24.6. The number of hydrogen-bond donors (Lipinski definition) is 0. The van der Waals surface area contributed by atoms with Crippen LogP contribution >= 0.6 is 23.2 Å². The summed E-state index contributed by atoms with van der Waals surface area (Å²) in [5.74, 6) is -5.48. The highest BCUT2D eigenvalue weighted by Gasteiger charge is 2.40. The van der Waals surface area contributed by atoms with E-state index in [9.17, 15) is 31.9 Å². The fraction of sp³-hybridized carbons (Fsp3) is 0.0800. The van der Waals surface area contributed by atoms with Crippen LogP contribution in [0.25, 0.3) is 6.08 Å². The van der Waals surface area contributed by atoms with Crippen LogP contribution in [0.1, 0.15) is 48.1 Å². The molecule has 0 spiro atoms. The molecule has 35 heavy (non-hydrogen) atoms. The van der Waals surface area contributed by atoms with Gasteiger partial charge in [0, 0.05) is 5.56 Å². The van der Waals surface area contributed by atoms with Gasteiger partial charge >= 0.3 is 6.18 Å². The largest absolute Gasteiger partial charge is 0.399 e. The van der Waals surface area contributed by atoms with Gasteiger partial charge in [0.2, 0.25) is 0 Å². The molecule has 0 bridgehead atoms. The molecular formula is C25H13Cl2F4NO3. The molecule has 0 radical (unpaired) electrons. The molecule has 1 heterocycles.